The zero-order valence-corrected chi connectivity index (χ0v) is 48.8. The Kier molecular flexibility index (Phi) is 4.36. The molecule has 5 unspecified atom stereocenters. The molecule has 0 bridgehead atoms. The van der Waals surface area contributed by atoms with E-state index >= 15 is 0 Å². The van der Waals surface area contributed by atoms with Gasteiger partial charge in [-0.2, -0.15) is 0 Å². The third-order valence-electron chi connectivity index (χ3n) is 25.5. The highest BCUT2D eigenvalue weighted by Gasteiger charge is 2.81. The molecule has 3 heterocycles. The Morgan fingerprint density at radius 1 is 0.244 bits per heavy atom. The first kappa shape index (κ1) is 40.1. The molecule has 0 saturated carbocycles. The summed E-state index contributed by atoms with van der Waals surface area (Å²) in [5, 5.41) is 57.3. The van der Waals surface area contributed by atoms with Crippen LogP contribution < -0.4 is 5.32 Å². The van der Waals surface area contributed by atoms with Gasteiger partial charge < -0.3 is 9.88 Å². The summed E-state index contributed by atoms with van der Waals surface area (Å²) in [4.78, 5) is 62.1. The third kappa shape index (κ3) is 2.60. The van der Waals surface area contributed by atoms with E-state index in [9.17, 15) is 11.6 Å². The van der Waals surface area contributed by atoms with E-state index in [2.05, 4.69) is 93.0 Å². The molecule has 11 heteroatoms. The van der Waals surface area contributed by atoms with Crippen LogP contribution in [-0.2, 0) is 66.6 Å². The van der Waals surface area contributed by atoms with Crippen molar-refractivity contribution in [2.45, 2.75) is 133 Å². The highest BCUT2D eigenvalue weighted by Crippen LogP contribution is 2.87. The zero-order chi connectivity index (χ0) is 55.6. The second kappa shape index (κ2) is 9.34. The number of hydrogen-bond donors (Lipinski definition) is 1. The van der Waals surface area contributed by atoms with E-state index in [1.54, 1.807) is 0 Å². The first-order valence-corrected chi connectivity index (χ1v) is 31.5. The van der Waals surface area contributed by atoms with Crippen molar-refractivity contribution in [1.82, 2.24) is 4.57 Å². The van der Waals surface area contributed by atoms with Gasteiger partial charge in [0.25, 0.3) is 0 Å². The zero-order valence-electron chi connectivity index (χ0n) is 48.1. The molecule has 5 atom stereocenters. The van der Waals surface area contributed by atoms with Crippen LogP contribution in [0, 0.1) is 0 Å². The molecule has 10 nitrogen and oxygen atoms in total. The third-order valence-corrected chi connectivity index (χ3v) is 25.9. The summed E-state index contributed by atoms with van der Waals surface area (Å²) in [6.45, 7) is 25.3. The number of rotatable bonds is 8. The molecule has 1 aromatic heterocycles. The maximum Gasteiger partial charge on any atom is 0.220 e. The monoisotopic (exact) mass is 1130 g/mol. The van der Waals surface area contributed by atoms with Gasteiger partial charge in [-0.25, -0.2) is 39.1 Å². The first-order chi connectivity index (χ1) is 41.1. The number of halogens is 1. The molecule has 9 aliphatic rings. The van der Waals surface area contributed by atoms with Crippen molar-refractivity contribution in [1.29, 1.82) is 0 Å². The Balaban J connectivity index is 1.07. The SMILES string of the molecule is CC(C)(C)OOC12c3c4c5n6c3C3(OOC(C)(C)C)c7c8c9c%10c(c%11c%12c%13c(c%14c%15c%16c(c1c1c%17c2c3c2c7c3c9c7c9c%10c%12c%10c%12c%13c%15c%13c%15c%16c1c1c%16c%17c2c2c3c7c3c(c2%16)c(c1%15)c(c%13%12)c3c%109)C4%14OOC(C)(C)C)C%115OOC(C)(C)C)C6(Cl)N8. The molecule has 402 valence electrons. The van der Waals surface area contributed by atoms with Crippen LogP contribution in [0.1, 0.15) is 156 Å². The fourth-order valence-electron chi connectivity index (χ4n) is 24.9. The summed E-state index contributed by atoms with van der Waals surface area (Å²) in [6, 6.07) is 0. The fraction of sp³-hybridized carbons (Fsp3) is 0.280. The van der Waals surface area contributed by atoms with Crippen LogP contribution >= 0.6 is 11.6 Å². The smallest absolute Gasteiger partial charge is 0.220 e. The minimum atomic E-state index is -1.51. The van der Waals surface area contributed by atoms with E-state index in [-0.39, 0.29) is 0 Å². The summed E-state index contributed by atoms with van der Waals surface area (Å²) in [5.41, 5.74) is 5.19. The lowest BCUT2D eigenvalue weighted by Gasteiger charge is -2.53. The lowest BCUT2D eigenvalue weighted by molar-refractivity contribution is -0.408. The average Bonchev–Trinajstić information content (AvgIpc) is 1.38. The average molecular weight is 1130 g/mol. The molecule has 22 aromatic rings. The van der Waals surface area contributed by atoms with Crippen LogP contribution in [0.25, 0.3) is 215 Å². The van der Waals surface area contributed by atoms with E-state index in [0.29, 0.717) is 0 Å². The lowest BCUT2D eigenvalue weighted by Crippen LogP contribution is -2.55. The van der Waals surface area contributed by atoms with Gasteiger partial charge in [0.2, 0.25) is 5.12 Å². The molecule has 0 fully saturated rings. The number of aromatic nitrogens is 1. The fourth-order valence-corrected chi connectivity index (χ4v) is 25.3. The minimum absolute atomic E-state index is 0.764. The van der Waals surface area contributed by atoms with Crippen LogP contribution in [-0.4, -0.2) is 27.0 Å². The van der Waals surface area contributed by atoms with E-state index in [4.69, 9.17) is 39.1 Å². The van der Waals surface area contributed by atoms with Gasteiger partial charge in [0.15, 0.2) is 22.4 Å². The second-order valence-electron chi connectivity index (χ2n) is 33.1. The maximum atomic E-state index is 9.56. The van der Waals surface area contributed by atoms with Crippen molar-refractivity contribution in [3.63, 3.8) is 0 Å². The summed E-state index contributed by atoms with van der Waals surface area (Å²) in [6.07, 6.45) is 0. The number of nitrogens with zero attached hydrogens (tertiary/aromatic N) is 1. The van der Waals surface area contributed by atoms with Crippen molar-refractivity contribution in [2.24, 2.45) is 0 Å². The van der Waals surface area contributed by atoms with Crippen LogP contribution in [0.3, 0.4) is 0 Å². The number of hydrogen-bond acceptors (Lipinski definition) is 9. The summed E-state index contributed by atoms with van der Waals surface area (Å²) in [5.74, 6) is 0. The highest BCUT2D eigenvalue weighted by atomic mass is 35.5. The van der Waals surface area contributed by atoms with Gasteiger partial charge in [-0.3, -0.25) is 0 Å². The number of anilines is 1. The standard InChI is InChI=1S/C75H37ClN2O8/c1-67(2,3)79-83-71-53-43-33-23-18-13-14-16-17-15(13)20-26-24(18)34(33)44-46-36(26)38-29(20)30-22(17)32-31-21(16)28-27-19(14)25(23)35-37(27)47-48-39(28)40(31)51-52-42(32)41(30)50-49(38)58-56(46)72(54(44)53,84-80-68(4,5)6)63-62(71)65-73(85-81-69(7,8)9,57(47)55(71)45(35)43)59(48)60(51)75(76)77-64(52)61(50)74(58,66(63)78(65)75)86-82-70(10,11)12/h77H,1-12H3. The first-order valence-electron chi connectivity index (χ1n) is 31.2. The van der Waals surface area contributed by atoms with Crippen molar-refractivity contribution < 1.29 is 39.1 Å². The largest absolute Gasteiger partial charge is 0.345 e. The molecule has 0 radical (unpaired) electrons. The Morgan fingerprint density at radius 2 is 0.442 bits per heavy atom. The Hall–Kier alpha value is -7.45. The van der Waals surface area contributed by atoms with Gasteiger partial charge in [0.05, 0.1) is 39.5 Å². The van der Waals surface area contributed by atoms with E-state index < -0.39 is 49.9 Å². The lowest BCUT2D eigenvalue weighted by atomic mass is 9.57. The van der Waals surface area contributed by atoms with Crippen molar-refractivity contribution in [3.8, 4) is 0 Å². The molecule has 21 aromatic carbocycles. The van der Waals surface area contributed by atoms with Crippen LogP contribution in [0.4, 0.5) is 5.69 Å². The van der Waals surface area contributed by atoms with Crippen molar-refractivity contribution >= 4 is 233 Å². The highest BCUT2D eigenvalue weighted by molar-refractivity contribution is 6.77. The van der Waals surface area contributed by atoms with Crippen LogP contribution in [0.2, 0.25) is 0 Å². The number of benzene rings is 15. The quantitative estimate of drug-likeness (QED) is 0.0525. The van der Waals surface area contributed by atoms with Crippen molar-refractivity contribution in [2.75, 3.05) is 5.32 Å². The summed E-state index contributed by atoms with van der Waals surface area (Å²) in [7, 11) is 0. The number of nitrogens with one attached hydrogen (secondary N) is 1. The molecule has 2 aliphatic heterocycles. The predicted octanol–water partition coefficient (Wildman–Crippen LogP) is 18.4. The van der Waals surface area contributed by atoms with Gasteiger partial charge in [0, 0.05) is 98.9 Å². The Bertz CT molecular complexity index is 7400. The molecule has 0 amide bonds. The van der Waals surface area contributed by atoms with Gasteiger partial charge in [-0.05, 0) is 261 Å². The van der Waals surface area contributed by atoms with Gasteiger partial charge in [-0.15, -0.1) is 0 Å². The topological polar surface area (TPSA) is 90.8 Å². The van der Waals surface area contributed by atoms with Gasteiger partial charge in [-0.1, -0.05) is 11.6 Å². The molecular formula is C75H37ClN2O8. The predicted molar refractivity (Wildman–Crippen MR) is 336 cm³/mol. The van der Waals surface area contributed by atoms with Crippen molar-refractivity contribution in [3.05, 3.63) is 72.6 Å². The normalized spacial score (nSPS) is 26.7. The molecule has 0 saturated heterocycles. The summed E-state index contributed by atoms with van der Waals surface area (Å²) >= 11 is 9.56. The maximum absolute atomic E-state index is 9.56. The van der Waals surface area contributed by atoms with Gasteiger partial charge in [0.1, 0.15) is 0 Å². The molecule has 86 heavy (non-hydrogen) atoms. The molecule has 0 spiro atoms. The van der Waals surface area contributed by atoms with Crippen LogP contribution in [0.15, 0.2) is 0 Å². The Morgan fingerprint density at radius 3 is 0.721 bits per heavy atom. The van der Waals surface area contributed by atoms with E-state index in [1.807, 2.05) is 0 Å². The van der Waals surface area contributed by atoms with Gasteiger partial charge >= 0.3 is 0 Å². The minimum Gasteiger partial charge on any atom is -0.345 e. The molecular weight excluding hydrogens is 1090 g/mol. The number of fused-ring (bicyclic) bond motifs is 5. The molecule has 1 N–H and O–H groups in total. The molecule has 31 rings (SSSR count). The van der Waals surface area contributed by atoms with Crippen LogP contribution in [0.5, 0.6) is 0 Å². The van der Waals surface area contributed by atoms with E-state index in [1.165, 1.54) is 215 Å². The number of alkyl halides is 1. The Labute approximate surface area is 484 Å². The van der Waals surface area contributed by atoms with E-state index in [0.717, 1.165) is 78.3 Å². The summed E-state index contributed by atoms with van der Waals surface area (Å²) < 4.78 is 2.48. The second-order valence-corrected chi connectivity index (χ2v) is 33.7. The molecule has 7 aliphatic carbocycles.